The number of hydrogen-bond acceptors (Lipinski definition) is 5. The molecule has 1 fully saturated rings. The second kappa shape index (κ2) is 6.00. The first-order chi connectivity index (χ1) is 9.32. The minimum absolute atomic E-state index is 0.108. The van der Waals surface area contributed by atoms with Gasteiger partial charge >= 0.3 is 0 Å². The van der Waals surface area contributed by atoms with E-state index < -0.39 is 0 Å². The lowest BCUT2D eigenvalue weighted by molar-refractivity contribution is 0.275. The molecule has 0 bridgehead atoms. The van der Waals surface area contributed by atoms with Crippen LogP contribution in [0.4, 0.5) is 5.13 Å². The molecule has 1 atom stereocenters. The van der Waals surface area contributed by atoms with Gasteiger partial charge < -0.3 is 15.1 Å². The molecule has 0 saturated carbocycles. The van der Waals surface area contributed by atoms with E-state index in [1.165, 1.54) is 15.7 Å². The second-order valence-electron chi connectivity index (χ2n) is 6.85. The van der Waals surface area contributed by atoms with E-state index in [0.29, 0.717) is 6.04 Å². The molecule has 1 aliphatic heterocycles. The Balaban J connectivity index is 2.28. The van der Waals surface area contributed by atoms with E-state index >= 15 is 0 Å². The van der Waals surface area contributed by atoms with Crippen LogP contribution >= 0.6 is 11.3 Å². The quantitative estimate of drug-likeness (QED) is 0.927. The molecule has 1 saturated heterocycles. The molecule has 0 amide bonds. The fourth-order valence-corrected chi connectivity index (χ4v) is 4.16. The zero-order valence-corrected chi connectivity index (χ0v) is 14.5. The number of anilines is 1. The summed E-state index contributed by atoms with van der Waals surface area (Å²) in [4.78, 5) is 11.2. The van der Waals surface area contributed by atoms with Crippen LogP contribution in [0.25, 0.3) is 0 Å². The predicted octanol–water partition coefficient (Wildman–Crippen LogP) is 2.30. The molecule has 1 unspecified atom stereocenters. The van der Waals surface area contributed by atoms with Crippen LogP contribution in [-0.4, -0.2) is 49.7 Å². The lowest BCUT2D eigenvalue weighted by Gasteiger charge is -2.38. The van der Waals surface area contributed by atoms with Crippen molar-refractivity contribution in [2.45, 2.75) is 45.7 Å². The molecule has 114 valence electrons. The topological polar surface area (TPSA) is 31.4 Å². The Morgan fingerprint density at radius 1 is 1.35 bits per heavy atom. The van der Waals surface area contributed by atoms with Crippen molar-refractivity contribution in [3.63, 3.8) is 0 Å². The molecule has 4 nitrogen and oxygen atoms in total. The maximum absolute atomic E-state index is 4.99. The van der Waals surface area contributed by atoms with E-state index in [9.17, 15) is 0 Å². The Morgan fingerprint density at radius 3 is 2.60 bits per heavy atom. The largest absolute Gasteiger partial charge is 0.343 e. The van der Waals surface area contributed by atoms with Crippen molar-refractivity contribution >= 4 is 16.5 Å². The zero-order valence-electron chi connectivity index (χ0n) is 13.7. The lowest BCUT2D eigenvalue weighted by atomic mass is 9.91. The van der Waals surface area contributed by atoms with E-state index in [4.69, 9.17) is 4.98 Å². The van der Waals surface area contributed by atoms with Crippen molar-refractivity contribution in [1.29, 1.82) is 0 Å². The third-order valence-electron chi connectivity index (χ3n) is 3.81. The highest BCUT2D eigenvalue weighted by atomic mass is 32.1. The minimum Gasteiger partial charge on any atom is -0.343 e. The van der Waals surface area contributed by atoms with Crippen LogP contribution in [0.3, 0.4) is 0 Å². The van der Waals surface area contributed by atoms with Gasteiger partial charge in [-0.2, -0.15) is 0 Å². The summed E-state index contributed by atoms with van der Waals surface area (Å²) in [6.07, 6.45) is 0. The van der Waals surface area contributed by atoms with Gasteiger partial charge in [-0.3, -0.25) is 0 Å². The second-order valence-corrected chi connectivity index (χ2v) is 7.92. The standard InChI is InChI=1S/C15H28N4S/c1-11-10-18(6)7-8-19(11)14-17-13(15(2,3)4)12(20-14)9-16-5/h11,16H,7-10H2,1-6H3. The Hall–Kier alpha value is -0.650. The summed E-state index contributed by atoms with van der Waals surface area (Å²) in [7, 11) is 4.20. The predicted molar refractivity (Wildman–Crippen MR) is 87.9 cm³/mol. The Labute approximate surface area is 127 Å². The highest BCUT2D eigenvalue weighted by molar-refractivity contribution is 7.15. The highest BCUT2D eigenvalue weighted by Gasteiger charge is 2.28. The molecule has 1 N–H and O–H groups in total. The van der Waals surface area contributed by atoms with Gasteiger partial charge in [0.15, 0.2) is 5.13 Å². The van der Waals surface area contributed by atoms with E-state index in [1.54, 1.807) is 0 Å². The molecule has 0 spiro atoms. The molecule has 1 aliphatic rings. The number of nitrogens with one attached hydrogen (secondary N) is 1. The molecule has 2 heterocycles. The van der Waals surface area contributed by atoms with Gasteiger partial charge in [-0.15, -0.1) is 11.3 Å². The van der Waals surface area contributed by atoms with Crippen LogP contribution in [0, 0.1) is 0 Å². The fraction of sp³-hybridized carbons (Fsp3) is 0.800. The number of hydrogen-bond donors (Lipinski definition) is 1. The van der Waals surface area contributed by atoms with Crippen LogP contribution in [0.2, 0.25) is 0 Å². The highest BCUT2D eigenvalue weighted by Crippen LogP contribution is 2.35. The third-order valence-corrected chi connectivity index (χ3v) is 4.90. The fourth-order valence-electron chi connectivity index (χ4n) is 2.75. The third kappa shape index (κ3) is 3.32. The number of nitrogens with zero attached hydrogens (tertiary/aromatic N) is 3. The van der Waals surface area contributed by atoms with Crippen LogP contribution in [0.1, 0.15) is 38.3 Å². The van der Waals surface area contributed by atoms with Gasteiger partial charge in [0.25, 0.3) is 0 Å². The Bertz CT molecular complexity index is 449. The van der Waals surface area contributed by atoms with E-state index in [2.05, 4.69) is 49.9 Å². The van der Waals surface area contributed by atoms with Gasteiger partial charge in [0.1, 0.15) is 0 Å². The van der Waals surface area contributed by atoms with Gasteiger partial charge in [-0.1, -0.05) is 20.8 Å². The number of aromatic nitrogens is 1. The normalized spacial score (nSPS) is 21.5. The van der Waals surface area contributed by atoms with Crippen molar-refractivity contribution in [3.8, 4) is 0 Å². The number of piperazine rings is 1. The van der Waals surface area contributed by atoms with Gasteiger partial charge in [-0.05, 0) is 21.0 Å². The zero-order chi connectivity index (χ0) is 14.9. The molecular weight excluding hydrogens is 268 g/mol. The van der Waals surface area contributed by atoms with Crippen molar-refractivity contribution in [2.24, 2.45) is 0 Å². The van der Waals surface area contributed by atoms with Gasteiger partial charge in [-0.25, -0.2) is 4.98 Å². The smallest absolute Gasteiger partial charge is 0.186 e. The van der Waals surface area contributed by atoms with Crippen molar-refractivity contribution < 1.29 is 0 Å². The van der Waals surface area contributed by atoms with Crippen molar-refractivity contribution in [1.82, 2.24) is 15.2 Å². The van der Waals surface area contributed by atoms with E-state index in [1.807, 2.05) is 18.4 Å². The first-order valence-corrected chi connectivity index (χ1v) is 8.24. The summed E-state index contributed by atoms with van der Waals surface area (Å²) >= 11 is 1.86. The number of rotatable bonds is 3. The molecular formula is C15H28N4S. The SMILES string of the molecule is CNCc1sc(N2CCN(C)CC2C)nc1C(C)(C)C. The summed E-state index contributed by atoms with van der Waals surface area (Å²) in [6.45, 7) is 13.3. The summed E-state index contributed by atoms with van der Waals surface area (Å²) in [5.41, 5.74) is 1.36. The van der Waals surface area contributed by atoms with Crippen LogP contribution in [-0.2, 0) is 12.0 Å². The number of likely N-dealkylation sites (N-methyl/N-ethyl adjacent to an activating group) is 1. The average Bonchev–Trinajstić information content (AvgIpc) is 2.73. The lowest BCUT2D eigenvalue weighted by Crippen LogP contribution is -2.50. The van der Waals surface area contributed by atoms with Crippen molar-refractivity contribution in [2.75, 3.05) is 38.6 Å². The number of thiazole rings is 1. The van der Waals surface area contributed by atoms with Gasteiger partial charge in [0.2, 0.25) is 0 Å². The van der Waals surface area contributed by atoms with E-state index in [-0.39, 0.29) is 5.41 Å². The molecule has 1 aromatic heterocycles. The summed E-state index contributed by atoms with van der Waals surface area (Å²) < 4.78 is 0. The van der Waals surface area contributed by atoms with E-state index in [0.717, 1.165) is 26.2 Å². The maximum Gasteiger partial charge on any atom is 0.186 e. The Morgan fingerprint density at radius 2 is 2.05 bits per heavy atom. The average molecular weight is 296 g/mol. The minimum atomic E-state index is 0.108. The Kier molecular flexibility index (Phi) is 4.72. The molecule has 20 heavy (non-hydrogen) atoms. The van der Waals surface area contributed by atoms with Crippen LogP contribution < -0.4 is 10.2 Å². The summed E-state index contributed by atoms with van der Waals surface area (Å²) in [5, 5.41) is 4.47. The summed E-state index contributed by atoms with van der Waals surface area (Å²) in [6, 6.07) is 0.537. The molecule has 5 heteroatoms. The monoisotopic (exact) mass is 296 g/mol. The molecule has 0 radical (unpaired) electrons. The van der Waals surface area contributed by atoms with Gasteiger partial charge in [0.05, 0.1) is 5.69 Å². The van der Waals surface area contributed by atoms with Crippen molar-refractivity contribution in [3.05, 3.63) is 10.6 Å². The molecule has 0 aromatic carbocycles. The van der Waals surface area contributed by atoms with Crippen LogP contribution in [0.5, 0.6) is 0 Å². The van der Waals surface area contributed by atoms with Gasteiger partial charge in [0, 0.05) is 42.5 Å². The molecule has 0 aliphatic carbocycles. The molecule has 2 rings (SSSR count). The molecule has 1 aromatic rings. The summed E-state index contributed by atoms with van der Waals surface area (Å²) in [5.74, 6) is 0. The maximum atomic E-state index is 4.99. The van der Waals surface area contributed by atoms with Crippen LogP contribution in [0.15, 0.2) is 0 Å². The first kappa shape index (κ1) is 15.7. The first-order valence-electron chi connectivity index (χ1n) is 7.43.